The van der Waals surface area contributed by atoms with Gasteiger partial charge in [-0.2, -0.15) is 0 Å². The van der Waals surface area contributed by atoms with Gasteiger partial charge in [0, 0.05) is 60.7 Å². The second-order valence-electron chi connectivity index (χ2n) is 13.8. The molecule has 1 aromatic heterocycles. The van der Waals surface area contributed by atoms with Gasteiger partial charge in [0.1, 0.15) is 0 Å². The second-order valence-corrected chi connectivity index (χ2v) is 14.8. The molecule has 3 nitrogen and oxygen atoms in total. The Balaban J connectivity index is 1.33. The number of anilines is 9. The molecule has 0 saturated heterocycles. The first-order valence-electron chi connectivity index (χ1n) is 18.9. The van der Waals surface area contributed by atoms with E-state index >= 15 is 0 Å². The van der Waals surface area contributed by atoms with Crippen molar-refractivity contribution >= 4 is 93.5 Å². The molecule has 0 N–H and O–H groups in total. The van der Waals surface area contributed by atoms with Crippen molar-refractivity contribution in [3.63, 3.8) is 0 Å². The van der Waals surface area contributed by atoms with E-state index in [2.05, 4.69) is 239 Å². The highest BCUT2D eigenvalue weighted by atomic mass is 32.1. The van der Waals surface area contributed by atoms with E-state index in [0.29, 0.717) is 0 Å². The Labute approximate surface area is 331 Å². The van der Waals surface area contributed by atoms with Gasteiger partial charge in [-0.3, -0.25) is 0 Å². The number of para-hydroxylation sites is 6. The molecule has 0 aliphatic carbocycles. The van der Waals surface area contributed by atoms with Gasteiger partial charge in [0.15, 0.2) is 0 Å². The fourth-order valence-corrected chi connectivity index (χ4v) is 9.17. The van der Waals surface area contributed by atoms with E-state index in [-0.39, 0.29) is 0 Å². The standard InChI is InChI=1S/C52H37N3S/c1-7-21-38(22-8-1)53(39-23-9-2-10-24-39)44-35-47-51-46-34-20-19-33-45(46)48(54(40-25-11-3-12-26-40)41-27-13-4-14-28-41)37-50(51)56-52(47)49(36-44)55(42-29-15-5-16-30-42)43-31-17-6-18-32-43/h1-37H. The molecule has 0 amide bonds. The van der Waals surface area contributed by atoms with Crippen LogP contribution < -0.4 is 14.7 Å². The van der Waals surface area contributed by atoms with Gasteiger partial charge in [-0.25, -0.2) is 0 Å². The molecule has 0 unspecified atom stereocenters. The molecule has 4 heteroatoms. The average Bonchev–Trinajstić information content (AvgIpc) is 3.65. The van der Waals surface area contributed by atoms with Crippen LogP contribution in [0.25, 0.3) is 30.9 Å². The first-order chi connectivity index (χ1) is 27.8. The molecule has 9 aromatic carbocycles. The molecule has 0 atom stereocenters. The molecule has 0 spiro atoms. The van der Waals surface area contributed by atoms with Crippen LogP contribution in [0.2, 0.25) is 0 Å². The van der Waals surface area contributed by atoms with E-state index in [9.17, 15) is 0 Å². The maximum Gasteiger partial charge on any atom is 0.0661 e. The summed E-state index contributed by atoms with van der Waals surface area (Å²) in [5.74, 6) is 0. The molecule has 0 bridgehead atoms. The lowest BCUT2D eigenvalue weighted by Gasteiger charge is -2.30. The Morgan fingerprint density at radius 2 is 0.625 bits per heavy atom. The van der Waals surface area contributed by atoms with Gasteiger partial charge in [-0.1, -0.05) is 133 Å². The molecule has 0 fully saturated rings. The number of benzene rings is 9. The smallest absolute Gasteiger partial charge is 0.0661 e. The molecule has 0 radical (unpaired) electrons. The summed E-state index contributed by atoms with van der Waals surface area (Å²) >= 11 is 1.87. The third-order valence-electron chi connectivity index (χ3n) is 10.3. The summed E-state index contributed by atoms with van der Waals surface area (Å²) in [4.78, 5) is 7.19. The van der Waals surface area contributed by atoms with Gasteiger partial charge < -0.3 is 14.7 Å². The molecule has 0 aliphatic heterocycles. The average molecular weight is 736 g/mol. The predicted octanol–water partition coefficient (Wildman–Crippen LogP) is 15.6. The van der Waals surface area contributed by atoms with E-state index in [1.165, 1.54) is 30.9 Å². The third-order valence-corrected chi connectivity index (χ3v) is 11.5. The first kappa shape index (κ1) is 33.4. The molecule has 266 valence electrons. The summed E-state index contributed by atoms with van der Waals surface area (Å²) in [6, 6.07) is 80.4. The van der Waals surface area contributed by atoms with E-state index in [1.54, 1.807) is 0 Å². The normalized spacial score (nSPS) is 11.2. The van der Waals surface area contributed by atoms with Crippen LogP contribution in [0, 0.1) is 0 Å². The maximum absolute atomic E-state index is 2.42. The van der Waals surface area contributed by atoms with Gasteiger partial charge in [0.2, 0.25) is 0 Å². The predicted molar refractivity (Wildman–Crippen MR) is 241 cm³/mol. The quantitative estimate of drug-likeness (QED) is 0.146. The van der Waals surface area contributed by atoms with Crippen molar-refractivity contribution in [2.75, 3.05) is 14.7 Å². The fraction of sp³-hybridized carbons (Fsp3) is 0. The molecule has 0 saturated carbocycles. The van der Waals surface area contributed by atoms with Crippen LogP contribution in [0.5, 0.6) is 0 Å². The van der Waals surface area contributed by atoms with Crippen LogP contribution in [-0.2, 0) is 0 Å². The van der Waals surface area contributed by atoms with Crippen molar-refractivity contribution in [2.24, 2.45) is 0 Å². The van der Waals surface area contributed by atoms with Crippen molar-refractivity contribution < 1.29 is 0 Å². The summed E-state index contributed by atoms with van der Waals surface area (Å²) in [5.41, 5.74) is 10.0. The Kier molecular flexibility index (Phi) is 8.71. The van der Waals surface area contributed by atoms with Crippen LogP contribution in [0.4, 0.5) is 51.2 Å². The van der Waals surface area contributed by atoms with Crippen LogP contribution in [0.15, 0.2) is 224 Å². The highest BCUT2D eigenvalue weighted by Crippen LogP contribution is 2.52. The highest BCUT2D eigenvalue weighted by molar-refractivity contribution is 7.26. The molecular weight excluding hydrogens is 699 g/mol. The number of nitrogens with zero attached hydrogens (tertiary/aromatic N) is 3. The van der Waals surface area contributed by atoms with E-state index in [1.807, 2.05) is 11.3 Å². The first-order valence-corrected chi connectivity index (χ1v) is 19.8. The lowest BCUT2D eigenvalue weighted by Crippen LogP contribution is -2.13. The summed E-state index contributed by atoms with van der Waals surface area (Å²) < 4.78 is 2.46. The lowest BCUT2D eigenvalue weighted by molar-refractivity contribution is 1.26. The largest absolute Gasteiger partial charge is 0.310 e. The van der Waals surface area contributed by atoms with Crippen molar-refractivity contribution in [3.8, 4) is 0 Å². The molecule has 10 aromatic rings. The van der Waals surface area contributed by atoms with Crippen LogP contribution in [0.3, 0.4) is 0 Å². The molecular formula is C52H37N3S. The van der Waals surface area contributed by atoms with Crippen molar-refractivity contribution in [3.05, 3.63) is 224 Å². The zero-order valence-corrected chi connectivity index (χ0v) is 31.4. The summed E-state index contributed by atoms with van der Waals surface area (Å²) in [5, 5.41) is 4.91. The minimum absolute atomic E-state index is 1.09. The van der Waals surface area contributed by atoms with Crippen molar-refractivity contribution in [1.29, 1.82) is 0 Å². The summed E-state index contributed by atoms with van der Waals surface area (Å²) in [6.07, 6.45) is 0. The van der Waals surface area contributed by atoms with Crippen LogP contribution >= 0.6 is 11.3 Å². The lowest BCUT2D eigenvalue weighted by atomic mass is 9.99. The molecule has 10 rings (SSSR count). The zero-order valence-electron chi connectivity index (χ0n) is 30.6. The molecule has 0 aliphatic rings. The number of fused-ring (bicyclic) bond motifs is 5. The Morgan fingerprint density at radius 1 is 0.268 bits per heavy atom. The van der Waals surface area contributed by atoms with Gasteiger partial charge in [0.05, 0.1) is 16.1 Å². The Bertz CT molecular complexity index is 2780. The third kappa shape index (κ3) is 6.03. The van der Waals surface area contributed by atoms with Crippen LogP contribution in [-0.4, -0.2) is 0 Å². The maximum atomic E-state index is 2.42. The monoisotopic (exact) mass is 735 g/mol. The van der Waals surface area contributed by atoms with E-state index < -0.39 is 0 Å². The van der Waals surface area contributed by atoms with Gasteiger partial charge in [0.25, 0.3) is 0 Å². The van der Waals surface area contributed by atoms with Crippen molar-refractivity contribution in [1.82, 2.24) is 0 Å². The summed E-state index contributed by atoms with van der Waals surface area (Å²) in [7, 11) is 0. The Hall–Kier alpha value is -7.14. The minimum atomic E-state index is 1.09. The highest BCUT2D eigenvalue weighted by Gasteiger charge is 2.25. The minimum Gasteiger partial charge on any atom is -0.310 e. The van der Waals surface area contributed by atoms with E-state index in [0.717, 1.165) is 51.2 Å². The van der Waals surface area contributed by atoms with Gasteiger partial charge in [-0.15, -0.1) is 11.3 Å². The number of rotatable bonds is 9. The summed E-state index contributed by atoms with van der Waals surface area (Å²) in [6.45, 7) is 0. The van der Waals surface area contributed by atoms with E-state index in [4.69, 9.17) is 0 Å². The zero-order chi connectivity index (χ0) is 37.3. The SMILES string of the molecule is c1ccc(N(c2ccccc2)c2cc(N(c3ccccc3)c3ccccc3)c3sc4cc(N(c5ccccc5)c5ccccc5)c5ccccc5c4c3c2)cc1. The molecule has 1 heterocycles. The number of thiophene rings is 1. The van der Waals surface area contributed by atoms with Crippen LogP contribution in [0.1, 0.15) is 0 Å². The second kappa shape index (κ2) is 14.6. The Morgan fingerprint density at radius 3 is 1.05 bits per heavy atom. The van der Waals surface area contributed by atoms with Gasteiger partial charge in [-0.05, 0) is 96.4 Å². The van der Waals surface area contributed by atoms with Crippen molar-refractivity contribution in [2.45, 2.75) is 0 Å². The topological polar surface area (TPSA) is 9.72 Å². The van der Waals surface area contributed by atoms with Gasteiger partial charge >= 0.3 is 0 Å². The fourth-order valence-electron chi connectivity index (χ4n) is 7.94. The number of hydrogen-bond acceptors (Lipinski definition) is 4. The number of hydrogen-bond donors (Lipinski definition) is 0. The molecule has 56 heavy (non-hydrogen) atoms.